The molecule has 106 valence electrons. The van der Waals surface area contributed by atoms with Crippen LogP contribution in [0.5, 0.6) is 0 Å². The Morgan fingerprint density at radius 3 is 2.52 bits per heavy atom. The van der Waals surface area contributed by atoms with Crippen LogP contribution in [0.3, 0.4) is 0 Å². The third kappa shape index (κ3) is 2.85. The van der Waals surface area contributed by atoms with E-state index in [-0.39, 0.29) is 0 Å². The second-order valence-electron chi connectivity index (χ2n) is 4.78. The first-order chi connectivity index (χ1) is 10.1. The molecule has 0 fully saturated rings. The van der Waals surface area contributed by atoms with Gasteiger partial charge in [-0.05, 0) is 18.9 Å². The van der Waals surface area contributed by atoms with Crippen LogP contribution in [0.2, 0.25) is 0 Å². The third-order valence-corrected chi connectivity index (χ3v) is 3.36. The second-order valence-corrected chi connectivity index (χ2v) is 4.78. The lowest BCUT2D eigenvalue weighted by atomic mass is 9.92. The number of carbonyl (C=O) groups excluding carboxylic acids is 1. The summed E-state index contributed by atoms with van der Waals surface area (Å²) in [5.41, 5.74) is 4.24. The number of benzene rings is 1. The summed E-state index contributed by atoms with van der Waals surface area (Å²) in [5.74, 6) is -0.427. The normalized spacial score (nSPS) is 10.1. The summed E-state index contributed by atoms with van der Waals surface area (Å²) in [4.78, 5) is 15.2. The van der Waals surface area contributed by atoms with E-state index in [1.165, 1.54) is 0 Å². The van der Waals surface area contributed by atoms with Crippen molar-refractivity contribution in [2.45, 2.75) is 20.3 Å². The van der Waals surface area contributed by atoms with Crippen LogP contribution >= 0.6 is 0 Å². The van der Waals surface area contributed by atoms with Crippen molar-refractivity contribution in [3.05, 3.63) is 41.2 Å². The minimum Gasteiger partial charge on any atom is -0.461 e. The zero-order valence-corrected chi connectivity index (χ0v) is 12.5. The van der Waals surface area contributed by atoms with Crippen molar-refractivity contribution in [2.24, 2.45) is 0 Å². The van der Waals surface area contributed by atoms with Gasteiger partial charge in [0.05, 0.1) is 12.2 Å². The predicted octanol–water partition coefficient (Wildman–Crippen LogP) is 1.55. The van der Waals surface area contributed by atoms with E-state index in [1.54, 1.807) is 6.92 Å². The van der Waals surface area contributed by atoms with Crippen molar-refractivity contribution in [3.63, 3.8) is 0 Å². The molecule has 0 saturated carbocycles. The Morgan fingerprint density at radius 2 is 2.00 bits per heavy atom. The van der Waals surface area contributed by atoms with E-state index in [1.807, 2.05) is 39.0 Å². The Kier molecular flexibility index (Phi) is 4.49. The Bertz CT molecular complexity index is 696. The molecule has 0 atom stereocenters. The molecule has 1 heterocycles. The van der Waals surface area contributed by atoms with Gasteiger partial charge >= 0.3 is 5.97 Å². The van der Waals surface area contributed by atoms with Crippen LogP contribution in [0.25, 0.3) is 11.1 Å². The second kappa shape index (κ2) is 6.32. The molecule has 1 aromatic carbocycles. The molecule has 21 heavy (non-hydrogen) atoms. The van der Waals surface area contributed by atoms with Crippen LogP contribution in [-0.4, -0.2) is 25.4 Å². The molecule has 1 N–H and O–H groups in total. The minimum absolute atomic E-state index is 0.300. The molecule has 1 aromatic heterocycles. The monoisotopic (exact) mass is 280 g/mol. The van der Waals surface area contributed by atoms with Gasteiger partial charge < -0.3 is 9.72 Å². The van der Waals surface area contributed by atoms with E-state index in [0.717, 1.165) is 16.7 Å². The number of aryl methyl sites for hydroxylation is 1. The molecule has 2 rings (SSSR count). The van der Waals surface area contributed by atoms with Crippen LogP contribution < -0.4 is 5.46 Å². The maximum absolute atomic E-state index is 12.1. The van der Waals surface area contributed by atoms with Crippen LogP contribution in [0, 0.1) is 11.3 Å². The molecule has 0 bridgehead atoms. The Balaban J connectivity index is 2.66. The van der Waals surface area contributed by atoms with Crippen molar-refractivity contribution in [1.29, 1.82) is 5.26 Å². The molecule has 0 aliphatic rings. The van der Waals surface area contributed by atoms with Gasteiger partial charge in [-0.2, -0.15) is 5.26 Å². The van der Waals surface area contributed by atoms with E-state index in [4.69, 9.17) is 4.74 Å². The topological polar surface area (TPSA) is 65.9 Å². The molecular weight excluding hydrogens is 263 g/mol. The summed E-state index contributed by atoms with van der Waals surface area (Å²) in [5, 5.41) is 9.45. The smallest absolute Gasteiger partial charge is 0.355 e. The van der Waals surface area contributed by atoms with Gasteiger partial charge in [-0.25, -0.2) is 4.79 Å². The fraction of sp³-hybridized carbons (Fsp3) is 0.250. The van der Waals surface area contributed by atoms with Gasteiger partial charge in [0.25, 0.3) is 0 Å². The molecule has 0 saturated heterocycles. The van der Waals surface area contributed by atoms with E-state index < -0.39 is 5.97 Å². The first kappa shape index (κ1) is 14.9. The van der Waals surface area contributed by atoms with Crippen LogP contribution in [0.1, 0.15) is 35.6 Å². The molecule has 5 heteroatoms. The Morgan fingerprint density at radius 1 is 1.33 bits per heavy atom. The number of hydrogen-bond donors (Lipinski definition) is 1. The van der Waals surface area contributed by atoms with Gasteiger partial charge in [-0.1, -0.05) is 36.7 Å². The third-order valence-electron chi connectivity index (χ3n) is 3.36. The summed E-state index contributed by atoms with van der Waals surface area (Å²) in [6.07, 6.45) is 0.654. The lowest BCUT2D eigenvalue weighted by molar-refractivity contribution is 0.0521. The maximum atomic E-state index is 12.1. The first-order valence-corrected chi connectivity index (χ1v) is 7.01. The van der Waals surface area contributed by atoms with Crippen molar-refractivity contribution < 1.29 is 9.53 Å². The number of hydrogen-bond acceptors (Lipinski definition) is 3. The number of aromatic nitrogens is 1. The molecule has 0 aliphatic heterocycles. The van der Waals surface area contributed by atoms with E-state index in [0.29, 0.717) is 29.8 Å². The lowest BCUT2D eigenvalue weighted by Crippen LogP contribution is -2.07. The van der Waals surface area contributed by atoms with Crippen LogP contribution in [-0.2, 0) is 11.2 Å². The van der Waals surface area contributed by atoms with Gasteiger partial charge in [0, 0.05) is 11.3 Å². The summed E-state index contributed by atoms with van der Waals surface area (Å²) in [6, 6.07) is 9.97. The maximum Gasteiger partial charge on any atom is 0.355 e. The van der Waals surface area contributed by atoms with Crippen molar-refractivity contribution in [2.75, 3.05) is 6.61 Å². The van der Waals surface area contributed by atoms with Gasteiger partial charge in [0.2, 0.25) is 0 Å². The summed E-state index contributed by atoms with van der Waals surface area (Å²) in [7, 11) is 2.00. The number of carbonyl (C=O) groups is 1. The van der Waals surface area contributed by atoms with Gasteiger partial charge in [-0.15, -0.1) is 0 Å². The Hall–Kier alpha value is -2.48. The summed E-state index contributed by atoms with van der Waals surface area (Å²) in [6.45, 7) is 4.01. The first-order valence-electron chi connectivity index (χ1n) is 7.01. The van der Waals surface area contributed by atoms with Crippen LogP contribution in [0.4, 0.5) is 0 Å². The number of ether oxygens (including phenoxy) is 1. The molecule has 0 radical (unpaired) electrons. The fourth-order valence-corrected chi connectivity index (χ4v) is 2.31. The summed E-state index contributed by atoms with van der Waals surface area (Å²) >= 11 is 0. The van der Waals surface area contributed by atoms with E-state index in [2.05, 4.69) is 11.1 Å². The number of H-pyrrole nitrogens is 1. The molecule has 4 nitrogen and oxygen atoms in total. The number of aromatic amines is 1. The molecule has 0 spiro atoms. The van der Waals surface area contributed by atoms with Gasteiger partial charge in [0.15, 0.2) is 0 Å². The highest BCUT2D eigenvalue weighted by Crippen LogP contribution is 2.30. The SMILES string of the molecule is Bc1ccc(-c2c(C(=O)OCC)[nH]c(CC)c2C#N)cc1. The van der Waals surface area contributed by atoms with Gasteiger partial charge in [-0.3, -0.25) is 0 Å². The van der Waals surface area contributed by atoms with Crippen molar-refractivity contribution in [3.8, 4) is 17.2 Å². The zero-order chi connectivity index (χ0) is 15.4. The van der Waals surface area contributed by atoms with Crippen molar-refractivity contribution in [1.82, 2.24) is 4.98 Å². The number of nitrogens with zero attached hydrogens (tertiary/aromatic N) is 1. The summed E-state index contributed by atoms with van der Waals surface area (Å²) < 4.78 is 5.09. The molecule has 0 aliphatic carbocycles. The Labute approximate surface area is 125 Å². The fourth-order valence-electron chi connectivity index (χ4n) is 2.31. The highest BCUT2D eigenvalue weighted by molar-refractivity contribution is 6.32. The average Bonchev–Trinajstić information content (AvgIpc) is 2.87. The molecular formula is C16H17BN2O2. The number of esters is 1. The molecule has 0 amide bonds. The highest BCUT2D eigenvalue weighted by atomic mass is 16.5. The number of nitrogens with one attached hydrogen (secondary N) is 1. The van der Waals surface area contributed by atoms with Crippen LogP contribution in [0.15, 0.2) is 24.3 Å². The van der Waals surface area contributed by atoms with Gasteiger partial charge in [0.1, 0.15) is 19.6 Å². The van der Waals surface area contributed by atoms with Crippen molar-refractivity contribution >= 4 is 19.3 Å². The largest absolute Gasteiger partial charge is 0.461 e. The standard InChI is InChI=1S/C16H17BN2O2/c1-3-13-12(9-18)14(10-5-7-11(17)8-6-10)15(19-13)16(20)21-4-2/h5-8,19H,3-4,17H2,1-2H3. The van der Waals surface area contributed by atoms with E-state index >= 15 is 0 Å². The number of nitriles is 1. The molecule has 2 aromatic rings. The predicted molar refractivity (Wildman–Crippen MR) is 84.5 cm³/mol. The highest BCUT2D eigenvalue weighted by Gasteiger charge is 2.23. The molecule has 0 unspecified atom stereocenters. The number of rotatable bonds is 4. The van der Waals surface area contributed by atoms with E-state index in [9.17, 15) is 10.1 Å². The minimum atomic E-state index is -0.427. The average molecular weight is 280 g/mol. The lowest BCUT2D eigenvalue weighted by Gasteiger charge is -2.05. The zero-order valence-electron chi connectivity index (χ0n) is 12.5. The quantitative estimate of drug-likeness (QED) is 0.682.